The highest BCUT2D eigenvalue weighted by atomic mass is 32.2. The molecule has 4 rings (SSSR count). The predicted molar refractivity (Wildman–Crippen MR) is 101 cm³/mol. The van der Waals surface area contributed by atoms with Gasteiger partial charge in [0.05, 0.1) is 16.3 Å². The highest BCUT2D eigenvalue weighted by molar-refractivity contribution is 8.01. The summed E-state index contributed by atoms with van der Waals surface area (Å²) in [6, 6.07) is 23.6. The van der Waals surface area contributed by atoms with Gasteiger partial charge in [-0.15, -0.1) is 0 Å². The Labute approximate surface area is 150 Å². The van der Waals surface area contributed by atoms with Crippen molar-refractivity contribution in [1.29, 1.82) is 0 Å². The molecule has 0 fully saturated rings. The minimum atomic E-state index is -0.370. The molecular formula is C20H16N2O2S. The van der Waals surface area contributed by atoms with Crippen LogP contribution in [0.5, 0.6) is 0 Å². The molecule has 0 atom stereocenters. The van der Waals surface area contributed by atoms with Crippen molar-refractivity contribution in [2.75, 3.05) is 4.31 Å². The summed E-state index contributed by atoms with van der Waals surface area (Å²) >= 11 is 1.59. The molecule has 1 aliphatic rings. The molecule has 0 bridgehead atoms. The van der Waals surface area contributed by atoms with Crippen molar-refractivity contribution in [3.8, 4) is 0 Å². The van der Waals surface area contributed by atoms with Crippen LogP contribution in [0, 0.1) is 10.1 Å². The van der Waals surface area contributed by atoms with Gasteiger partial charge in [-0.3, -0.25) is 14.4 Å². The van der Waals surface area contributed by atoms with Crippen LogP contribution in [0.2, 0.25) is 0 Å². The summed E-state index contributed by atoms with van der Waals surface area (Å²) in [5.41, 5.74) is 5.09. The first-order chi connectivity index (χ1) is 12.2. The van der Waals surface area contributed by atoms with Crippen LogP contribution in [0.25, 0.3) is 0 Å². The highest BCUT2D eigenvalue weighted by Gasteiger charge is 2.21. The van der Waals surface area contributed by atoms with Gasteiger partial charge in [0.1, 0.15) is 0 Å². The third kappa shape index (κ3) is 3.10. The summed E-state index contributed by atoms with van der Waals surface area (Å²) < 4.78 is 2.23. The van der Waals surface area contributed by atoms with Crippen LogP contribution >= 0.6 is 11.9 Å². The zero-order chi connectivity index (χ0) is 17.2. The zero-order valence-corrected chi connectivity index (χ0v) is 14.3. The van der Waals surface area contributed by atoms with Crippen LogP contribution < -0.4 is 4.31 Å². The van der Waals surface area contributed by atoms with E-state index in [1.807, 2.05) is 0 Å². The summed E-state index contributed by atoms with van der Waals surface area (Å²) in [5, 5.41) is 10.9. The van der Waals surface area contributed by atoms with Crippen LogP contribution in [0.1, 0.15) is 11.1 Å². The van der Waals surface area contributed by atoms with Crippen molar-refractivity contribution >= 4 is 29.0 Å². The van der Waals surface area contributed by atoms with Gasteiger partial charge in [-0.1, -0.05) is 36.4 Å². The number of fused-ring (bicyclic) bond motifs is 2. The Kier molecular flexibility index (Phi) is 4.15. The molecular weight excluding hydrogens is 332 g/mol. The molecule has 0 radical (unpaired) electrons. The van der Waals surface area contributed by atoms with Crippen molar-refractivity contribution in [1.82, 2.24) is 0 Å². The fraction of sp³-hybridized carbons (Fsp3) is 0.100. The average molecular weight is 348 g/mol. The summed E-state index contributed by atoms with van der Waals surface area (Å²) in [6.07, 6.45) is 2.01. The molecule has 3 aromatic carbocycles. The Morgan fingerprint density at radius 3 is 1.84 bits per heavy atom. The molecule has 0 saturated heterocycles. The van der Waals surface area contributed by atoms with Crippen molar-refractivity contribution in [3.05, 3.63) is 94.0 Å². The maximum atomic E-state index is 10.9. The number of anilines is 2. The molecule has 124 valence electrons. The van der Waals surface area contributed by atoms with Gasteiger partial charge in [-0.25, -0.2) is 0 Å². The molecule has 1 heterocycles. The fourth-order valence-corrected chi connectivity index (χ4v) is 4.09. The Morgan fingerprint density at radius 1 is 0.800 bits per heavy atom. The molecule has 1 aliphatic heterocycles. The molecule has 0 aromatic heterocycles. The van der Waals surface area contributed by atoms with E-state index in [2.05, 4.69) is 52.8 Å². The molecule has 0 N–H and O–H groups in total. The number of nitrogens with zero attached hydrogens (tertiary/aromatic N) is 2. The predicted octanol–water partition coefficient (Wildman–Crippen LogP) is 5.54. The molecule has 3 aromatic rings. The number of aryl methyl sites for hydroxylation is 2. The van der Waals surface area contributed by atoms with E-state index >= 15 is 0 Å². The number of non-ortho nitro benzene ring substituents is 1. The van der Waals surface area contributed by atoms with Gasteiger partial charge in [0, 0.05) is 17.0 Å². The molecule has 4 nitrogen and oxygen atoms in total. The first-order valence-corrected chi connectivity index (χ1v) is 8.88. The maximum Gasteiger partial charge on any atom is 0.269 e. The van der Waals surface area contributed by atoms with Crippen molar-refractivity contribution in [2.45, 2.75) is 17.7 Å². The third-order valence-electron chi connectivity index (χ3n) is 4.33. The summed E-state index contributed by atoms with van der Waals surface area (Å²) in [6.45, 7) is 0. The minimum Gasteiger partial charge on any atom is -0.280 e. The largest absolute Gasteiger partial charge is 0.280 e. The van der Waals surface area contributed by atoms with Crippen LogP contribution in [0.4, 0.5) is 17.1 Å². The van der Waals surface area contributed by atoms with Crippen LogP contribution in [0.15, 0.2) is 77.7 Å². The van der Waals surface area contributed by atoms with E-state index < -0.39 is 0 Å². The summed E-state index contributed by atoms with van der Waals surface area (Å²) in [4.78, 5) is 11.5. The average Bonchev–Trinajstić information content (AvgIpc) is 2.80. The number of rotatable bonds is 3. The Bertz CT molecular complexity index is 877. The SMILES string of the molecule is O=[N+]([O-])c1ccc(SN2c3ccccc3CCc3ccccc32)cc1. The van der Waals surface area contributed by atoms with Crippen molar-refractivity contribution in [2.24, 2.45) is 0 Å². The van der Waals surface area contributed by atoms with E-state index in [9.17, 15) is 10.1 Å². The van der Waals surface area contributed by atoms with Gasteiger partial charge in [0.2, 0.25) is 0 Å². The lowest BCUT2D eigenvalue weighted by molar-refractivity contribution is -0.384. The maximum absolute atomic E-state index is 10.9. The summed E-state index contributed by atoms with van der Waals surface area (Å²) in [7, 11) is 0. The van der Waals surface area contributed by atoms with Gasteiger partial charge in [-0.05, 0) is 60.2 Å². The normalized spacial score (nSPS) is 12.9. The number of hydrogen-bond acceptors (Lipinski definition) is 4. The lowest BCUT2D eigenvalue weighted by Gasteiger charge is -2.25. The van der Waals surface area contributed by atoms with Crippen LogP contribution in [-0.4, -0.2) is 4.92 Å². The molecule has 0 aliphatic carbocycles. The molecule has 0 unspecified atom stereocenters. The fourth-order valence-electron chi connectivity index (χ4n) is 3.07. The Balaban J connectivity index is 1.76. The smallest absolute Gasteiger partial charge is 0.269 e. The van der Waals surface area contributed by atoms with Crippen molar-refractivity contribution in [3.63, 3.8) is 0 Å². The quantitative estimate of drug-likeness (QED) is 0.354. The van der Waals surface area contributed by atoms with Gasteiger partial charge in [-0.2, -0.15) is 0 Å². The third-order valence-corrected chi connectivity index (χ3v) is 5.39. The van der Waals surface area contributed by atoms with E-state index in [1.165, 1.54) is 22.5 Å². The molecule has 5 heteroatoms. The van der Waals surface area contributed by atoms with E-state index in [0.29, 0.717) is 0 Å². The van der Waals surface area contributed by atoms with E-state index in [1.54, 1.807) is 36.2 Å². The van der Waals surface area contributed by atoms with E-state index in [0.717, 1.165) is 17.7 Å². The number of nitro benzene ring substituents is 1. The minimum absolute atomic E-state index is 0.112. The van der Waals surface area contributed by atoms with Crippen molar-refractivity contribution < 1.29 is 4.92 Å². The summed E-state index contributed by atoms with van der Waals surface area (Å²) in [5.74, 6) is 0. The topological polar surface area (TPSA) is 46.4 Å². The van der Waals surface area contributed by atoms with Gasteiger partial charge >= 0.3 is 0 Å². The second kappa shape index (κ2) is 6.61. The van der Waals surface area contributed by atoms with Gasteiger partial charge in [0.15, 0.2) is 0 Å². The van der Waals surface area contributed by atoms with E-state index in [-0.39, 0.29) is 10.6 Å². The lowest BCUT2D eigenvalue weighted by Crippen LogP contribution is -2.08. The monoisotopic (exact) mass is 348 g/mol. The highest BCUT2D eigenvalue weighted by Crippen LogP contribution is 2.43. The molecule has 0 saturated carbocycles. The zero-order valence-electron chi connectivity index (χ0n) is 13.5. The first kappa shape index (κ1) is 15.7. The second-order valence-electron chi connectivity index (χ2n) is 5.89. The number of hydrogen-bond donors (Lipinski definition) is 0. The number of para-hydroxylation sites is 2. The van der Waals surface area contributed by atoms with Gasteiger partial charge < -0.3 is 0 Å². The number of nitro groups is 1. The molecule has 0 amide bonds. The van der Waals surface area contributed by atoms with Crippen LogP contribution in [0.3, 0.4) is 0 Å². The first-order valence-electron chi connectivity index (χ1n) is 8.11. The Morgan fingerprint density at radius 2 is 1.32 bits per heavy atom. The Hall–Kier alpha value is -2.79. The van der Waals surface area contributed by atoms with E-state index in [4.69, 9.17) is 0 Å². The van der Waals surface area contributed by atoms with Gasteiger partial charge in [0.25, 0.3) is 5.69 Å². The van der Waals surface area contributed by atoms with Crippen LogP contribution in [-0.2, 0) is 12.8 Å². The standard InChI is InChI=1S/C20H16N2O2S/c23-22(24)17-11-13-18(14-12-17)25-21-19-7-3-1-5-15(19)9-10-16-6-2-4-8-20(16)21/h1-8,11-14H,9-10H2. The number of benzene rings is 3. The molecule has 25 heavy (non-hydrogen) atoms. The molecule has 0 spiro atoms. The lowest BCUT2D eigenvalue weighted by atomic mass is 10.0. The second-order valence-corrected chi connectivity index (χ2v) is 6.91.